The minimum atomic E-state index is -3.19. The number of hydrogen-bond donors (Lipinski definition) is 0. The van der Waals surface area contributed by atoms with Gasteiger partial charge in [-0.15, -0.1) is 24.8 Å². The molecular weight excluding hydrogens is 838 g/mol. The second kappa shape index (κ2) is 14.9. The molecule has 0 spiro atoms. The molecule has 3 heteroatoms. The summed E-state index contributed by atoms with van der Waals surface area (Å²) in [6.07, 6.45) is 9.22. The zero-order valence-electron chi connectivity index (χ0n) is 30.9. The van der Waals surface area contributed by atoms with Crippen LogP contribution in [0.4, 0.5) is 0 Å². The molecule has 6 aromatic carbocycles. The van der Waals surface area contributed by atoms with Gasteiger partial charge >= 0.3 is 305 Å². The SMILES string of the molecule is CC(C)CC1=Cc2c(-c3cccc4ccccc34)cccc2[CH]1[Hf]1([CH]2C(CC(C)C)=Cc3c(-c4cccc5ccccc45)cccc32)[CH2]C[CH2]1.Cl.Cl. The van der Waals surface area contributed by atoms with Gasteiger partial charge < -0.3 is 0 Å². The first-order chi connectivity index (χ1) is 24.4. The van der Waals surface area contributed by atoms with Gasteiger partial charge in [0.25, 0.3) is 0 Å². The quantitative estimate of drug-likeness (QED) is 0.134. The first kappa shape index (κ1) is 37.1. The van der Waals surface area contributed by atoms with E-state index in [2.05, 4.69) is 161 Å². The first-order valence-electron chi connectivity index (χ1n) is 19.1. The Morgan fingerprint density at radius 1 is 0.481 bits per heavy atom. The Labute approximate surface area is 327 Å². The fourth-order valence-corrected chi connectivity index (χ4v) is 32.9. The molecule has 264 valence electrons. The maximum absolute atomic E-state index is 3.19. The number of fused-ring (bicyclic) bond motifs is 4. The van der Waals surface area contributed by atoms with Gasteiger partial charge in [-0.2, -0.15) is 0 Å². The van der Waals surface area contributed by atoms with E-state index in [1.165, 1.54) is 82.5 Å². The molecule has 0 radical (unpaired) electrons. The second-order valence-corrected chi connectivity index (χ2v) is 32.9. The minimum Gasteiger partial charge on any atom is -0.147 e. The molecule has 2 aliphatic carbocycles. The summed E-state index contributed by atoms with van der Waals surface area (Å²) in [6.45, 7) is 9.73. The van der Waals surface area contributed by atoms with E-state index in [0.29, 0.717) is 19.2 Å². The van der Waals surface area contributed by atoms with Crippen molar-refractivity contribution in [2.75, 3.05) is 0 Å². The van der Waals surface area contributed by atoms with Gasteiger partial charge in [0.2, 0.25) is 0 Å². The van der Waals surface area contributed by atoms with Crippen molar-refractivity contribution in [1.29, 1.82) is 0 Å². The molecule has 0 saturated carbocycles. The number of allylic oxidation sites excluding steroid dienone is 2. The van der Waals surface area contributed by atoms with Gasteiger partial charge in [0, 0.05) is 0 Å². The van der Waals surface area contributed by atoms with Crippen LogP contribution in [0.1, 0.15) is 76.6 Å². The van der Waals surface area contributed by atoms with E-state index in [9.17, 15) is 0 Å². The van der Waals surface area contributed by atoms with Gasteiger partial charge in [0.05, 0.1) is 0 Å². The monoisotopic (exact) mass is 888 g/mol. The predicted octanol–water partition coefficient (Wildman–Crippen LogP) is 15.2. The average Bonchev–Trinajstić information content (AvgIpc) is 3.65. The fourth-order valence-electron chi connectivity index (χ4n) is 10.3. The van der Waals surface area contributed by atoms with Crippen LogP contribution in [0.15, 0.2) is 132 Å². The molecule has 1 aliphatic heterocycles. The molecule has 0 aromatic heterocycles. The van der Waals surface area contributed by atoms with Crippen LogP contribution in [-0.4, -0.2) is 0 Å². The summed E-state index contributed by atoms with van der Waals surface area (Å²) in [7, 11) is 0. The number of hydrogen-bond acceptors (Lipinski definition) is 0. The molecule has 0 bridgehead atoms. The van der Waals surface area contributed by atoms with Crippen LogP contribution in [-0.2, 0) is 20.0 Å². The van der Waals surface area contributed by atoms with Crippen molar-refractivity contribution >= 4 is 58.5 Å². The van der Waals surface area contributed by atoms with Crippen molar-refractivity contribution in [1.82, 2.24) is 0 Å². The molecule has 1 heterocycles. The third-order valence-corrected chi connectivity index (χ3v) is 34.6. The predicted molar refractivity (Wildman–Crippen MR) is 228 cm³/mol. The Morgan fingerprint density at radius 2 is 0.865 bits per heavy atom. The topological polar surface area (TPSA) is 0 Å². The zero-order valence-corrected chi connectivity index (χ0v) is 36.1. The van der Waals surface area contributed by atoms with Crippen LogP contribution >= 0.6 is 24.8 Å². The normalized spacial score (nSPS) is 18.3. The van der Waals surface area contributed by atoms with Gasteiger partial charge in [0.15, 0.2) is 0 Å². The van der Waals surface area contributed by atoms with Crippen LogP contribution in [0, 0.1) is 11.8 Å². The van der Waals surface area contributed by atoms with Crippen LogP contribution in [0.5, 0.6) is 0 Å². The molecular formula is C49H50Cl2Hf. The smallest absolute Gasteiger partial charge is 0.147 e. The van der Waals surface area contributed by atoms with Crippen molar-refractivity contribution < 1.29 is 20.0 Å². The molecule has 2 atom stereocenters. The Balaban J connectivity index is 0.00000210. The van der Waals surface area contributed by atoms with Gasteiger partial charge in [-0.1, -0.05) is 0 Å². The van der Waals surface area contributed by atoms with Crippen molar-refractivity contribution in [2.24, 2.45) is 11.8 Å². The third-order valence-electron chi connectivity index (χ3n) is 12.2. The van der Waals surface area contributed by atoms with Crippen LogP contribution in [0.25, 0.3) is 56.0 Å². The Morgan fingerprint density at radius 3 is 1.27 bits per heavy atom. The Kier molecular flexibility index (Phi) is 10.6. The minimum absolute atomic E-state index is 0. The summed E-state index contributed by atoms with van der Waals surface area (Å²) in [6, 6.07) is 46.3. The number of rotatable bonds is 8. The van der Waals surface area contributed by atoms with Crippen LogP contribution in [0.3, 0.4) is 0 Å². The van der Waals surface area contributed by atoms with Gasteiger partial charge in [0.1, 0.15) is 0 Å². The maximum atomic E-state index is 2.70. The number of benzene rings is 6. The Bertz CT molecular complexity index is 2170. The van der Waals surface area contributed by atoms with Gasteiger partial charge in [-0.05, 0) is 0 Å². The third kappa shape index (κ3) is 6.10. The van der Waals surface area contributed by atoms with Gasteiger partial charge in [-0.3, -0.25) is 0 Å². The molecule has 1 fully saturated rings. The first-order valence-corrected chi connectivity index (χ1v) is 28.3. The fraction of sp³-hybridized carbons (Fsp3) is 0.265. The average molecular weight is 888 g/mol. The van der Waals surface area contributed by atoms with E-state index in [4.69, 9.17) is 0 Å². The molecule has 0 N–H and O–H groups in total. The maximum Gasteiger partial charge on any atom is -0.147 e. The second-order valence-electron chi connectivity index (χ2n) is 16.3. The molecule has 0 amide bonds. The molecule has 2 unspecified atom stereocenters. The van der Waals surface area contributed by atoms with Crippen molar-refractivity contribution in [3.63, 3.8) is 0 Å². The number of halogens is 2. The molecule has 0 nitrogen and oxygen atoms in total. The zero-order chi connectivity index (χ0) is 34.0. The molecule has 1 saturated heterocycles. The summed E-state index contributed by atoms with van der Waals surface area (Å²) in [4.78, 5) is 0. The summed E-state index contributed by atoms with van der Waals surface area (Å²) in [5.41, 5.74) is 15.5. The standard InChI is InChI=1S/2C23H21.C3H6.2ClH.Hf/c2*1-16(2)13-17-14-19-9-6-12-22(23(19)15-17)21-11-5-8-18-7-3-4-10-20(18)21;1-3-2;;;/h2*3-12,14-16H,13H2,1-2H3;1-3H2;2*1H;. The summed E-state index contributed by atoms with van der Waals surface area (Å²) in [5.74, 6) is 1.29. The molecule has 3 aliphatic rings. The van der Waals surface area contributed by atoms with Crippen molar-refractivity contribution in [3.05, 3.63) is 155 Å². The van der Waals surface area contributed by atoms with Crippen LogP contribution < -0.4 is 0 Å². The molecule has 9 rings (SSSR count). The van der Waals surface area contributed by atoms with E-state index < -0.39 is 20.0 Å². The molecule has 52 heavy (non-hydrogen) atoms. The Hall–Kier alpha value is -3.23. The van der Waals surface area contributed by atoms with E-state index >= 15 is 0 Å². The summed E-state index contributed by atoms with van der Waals surface area (Å²) in [5, 5.41) is 5.38. The van der Waals surface area contributed by atoms with E-state index in [-0.39, 0.29) is 24.8 Å². The largest absolute Gasteiger partial charge is 0.147 e. The van der Waals surface area contributed by atoms with Crippen LogP contribution in [0.2, 0.25) is 8.35 Å². The van der Waals surface area contributed by atoms with Crippen molar-refractivity contribution in [3.8, 4) is 22.3 Å². The van der Waals surface area contributed by atoms with E-state index in [0.717, 1.165) is 0 Å². The summed E-state index contributed by atoms with van der Waals surface area (Å²) >= 11 is -3.19. The summed E-state index contributed by atoms with van der Waals surface area (Å²) < 4.78 is 4.30. The van der Waals surface area contributed by atoms with E-state index in [1.807, 2.05) is 0 Å². The van der Waals surface area contributed by atoms with Crippen molar-refractivity contribution in [2.45, 2.75) is 62.7 Å². The van der Waals surface area contributed by atoms with E-state index in [1.54, 1.807) is 22.3 Å². The molecule has 6 aromatic rings. The van der Waals surface area contributed by atoms with Gasteiger partial charge in [-0.25, -0.2) is 0 Å².